The van der Waals surface area contributed by atoms with E-state index in [-0.39, 0.29) is 0 Å². The molecule has 118 valence electrons. The molecule has 1 aromatic carbocycles. The van der Waals surface area contributed by atoms with Crippen LogP contribution in [0, 0.1) is 12.3 Å². The van der Waals surface area contributed by atoms with Gasteiger partial charge in [0.05, 0.1) is 0 Å². The Hall–Kier alpha value is -1.02. The average molecular weight is 288 g/mol. The van der Waals surface area contributed by atoms with E-state index >= 15 is 0 Å². The Morgan fingerprint density at radius 3 is 2.43 bits per heavy atom. The van der Waals surface area contributed by atoms with Crippen molar-refractivity contribution >= 4 is 5.69 Å². The predicted molar refractivity (Wildman–Crippen MR) is 93.1 cm³/mol. The minimum atomic E-state index is 0.444. The van der Waals surface area contributed by atoms with Crippen LogP contribution in [-0.4, -0.2) is 26.2 Å². The van der Waals surface area contributed by atoms with Gasteiger partial charge in [-0.2, -0.15) is 0 Å². The summed E-state index contributed by atoms with van der Waals surface area (Å²) in [6, 6.07) is 9.32. The van der Waals surface area contributed by atoms with Gasteiger partial charge < -0.3 is 10.2 Å². The van der Waals surface area contributed by atoms with Gasteiger partial charge in [0.15, 0.2) is 0 Å². The van der Waals surface area contributed by atoms with Crippen LogP contribution in [0.5, 0.6) is 0 Å². The molecule has 2 heteroatoms. The minimum absolute atomic E-state index is 0.444. The number of rotatable bonds is 6. The van der Waals surface area contributed by atoms with Crippen LogP contribution in [0.3, 0.4) is 0 Å². The normalized spacial score (nSPS) is 18.0. The number of anilines is 1. The zero-order chi connectivity index (χ0) is 15.3. The van der Waals surface area contributed by atoms with Crippen LogP contribution in [0.25, 0.3) is 0 Å². The number of hydrogen-bond donors (Lipinski definition) is 1. The van der Waals surface area contributed by atoms with E-state index in [4.69, 9.17) is 0 Å². The first-order chi connectivity index (χ1) is 10.0. The SMILES string of the molecule is Cc1ccccc1N(C)CC1(CNC(C)C)CCCCC1. The standard InChI is InChI=1S/C19H32N2/c1-16(2)20-14-19(12-8-5-9-13-19)15-21(4)18-11-7-6-10-17(18)3/h6-7,10-11,16,20H,5,8-9,12-15H2,1-4H3. The fourth-order valence-corrected chi connectivity index (χ4v) is 3.69. The highest BCUT2D eigenvalue weighted by atomic mass is 15.1. The van der Waals surface area contributed by atoms with Crippen molar-refractivity contribution in [1.29, 1.82) is 0 Å². The molecule has 1 N–H and O–H groups in total. The molecule has 0 aliphatic heterocycles. The Kier molecular flexibility index (Phi) is 5.69. The predicted octanol–water partition coefficient (Wildman–Crippen LogP) is 4.38. The van der Waals surface area contributed by atoms with Crippen molar-refractivity contribution < 1.29 is 0 Å². The van der Waals surface area contributed by atoms with Crippen molar-refractivity contribution in [3.8, 4) is 0 Å². The van der Waals surface area contributed by atoms with Gasteiger partial charge >= 0.3 is 0 Å². The summed E-state index contributed by atoms with van der Waals surface area (Å²) in [5, 5.41) is 3.70. The fraction of sp³-hybridized carbons (Fsp3) is 0.684. The van der Waals surface area contributed by atoms with Gasteiger partial charge in [0.2, 0.25) is 0 Å². The molecular formula is C19H32N2. The van der Waals surface area contributed by atoms with Crippen LogP contribution < -0.4 is 10.2 Å². The van der Waals surface area contributed by atoms with Gasteiger partial charge in [-0.15, -0.1) is 0 Å². The van der Waals surface area contributed by atoms with Gasteiger partial charge in [0.25, 0.3) is 0 Å². The maximum atomic E-state index is 3.70. The lowest BCUT2D eigenvalue weighted by molar-refractivity contribution is 0.185. The van der Waals surface area contributed by atoms with Crippen molar-refractivity contribution in [3.63, 3.8) is 0 Å². The summed E-state index contributed by atoms with van der Waals surface area (Å²) < 4.78 is 0. The number of benzene rings is 1. The lowest BCUT2D eigenvalue weighted by atomic mass is 9.73. The first-order valence-electron chi connectivity index (χ1n) is 8.53. The zero-order valence-electron chi connectivity index (χ0n) is 14.3. The van der Waals surface area contributed by atoms with Crippen molar-refractivity contribution in [2.24, 2.45) is 5.41 Å². The number of nitrogens with zero attached hydrogens (tertiary/aromatic N) is 1. The molecule has 0 radical (unpaired) electrons. The van der Waals surface area contributed by atoms with Crippen LogP contribution in [0.4, 0.5) is 5.69 Å². The molecule has 1 aliphatic carbocycles. The first kappa shape index (κ1) is 16.4. The van der Waals surface area contributed by atoms with E-state index in [1.807, 2.05) is 0 Å². The second-order valence-electron chi connectivity index (χ2n) is 7.24. The number of nitrogens with one attached hydrogen (secondary N) is 1. The molecule has 0 amide bonds. The highest BCUT2D eigenvalue weighted by Crippen LogP contribution is 2.37. The number of hydrogen-bond acceptors (Lipinski definition) is 2. The molecular weight excluding hydrogens is 256 g/mol. The summed E-state index contributed by atoms with van der Waals surface area (Å²) in [4.78, 5) is 2.47. The Labute approximate surface area is 130 Å². The van der Waals surface area contributed by atoms with E-state index in [2.05, 4.69) is 62.3 Å². The smallest absolute Gasteiger partial charge is 0.0393 e. The third kappa shape index (κ3) is 4.47. The van der Waals surface area contributed by atoms with E-state index in [9.17, 15) is 0 Å². The van der Waals surface area contributed by atoms with Crippen LogP contribution >= 0.6 is 0 Å². The van der Waals surface area contributed by atoms with Gasteiger partial charge in [-0.1, -0.05) is 51.3 Å². The third-order valence-electron chi connectivity index (χ3n) is 4.90. The van der Waals surface area contributed by atoms with Crippen LogP contribution in [0.2, 0.25) is 0 Å². The maximum Gasteiger partial charge on any atom is 0.0393 e. The summed E-state index contributed by atoms with van der Waals surface area (Å²) in [6.45, 7) is 9.04. The molecule has 0 heterocycles. The second-order valence-corrected chi connectivity index (χ2v) is 7.24. The van der Waals surface area contributed by atoms with E-state index in [1.54, 1.807) is 0 Å². The molecule has 0 bridgehead atoms. The Balaban J connectivity index is 2.09. The maximum absolute atomic E-state index is 3.70. The number of aryl methyl sites for hydroxylation is 1. The molecule has 1 aromatic rings. The third-order valence-corrected chi connectivity index (χ3v) is 4.90. The van der Waals surface area contributed by atoms with Crippen molar-refractivity contribution in [1.82, 2.24) is 5.32 Å². The topological polar surface area (TPSA) is 15.3 Å². The first-order valence-corrected chi connectivity index (χ1v) is 8.53. The molecule has 2 nitrogen and oxygen atoms in total. The molecule has 0 saturated heterocycles. The summed E-state index contributed by atoms with van der Waals surface area (Å²) in [5.41, 5.74) is 3.20. The zero-order valence-corrected chi connectivity index (χ0v) is 14.3. The average Bonchev–Trinajstić information content (AvgIpc) is 2.46. The van der Waals surface area contributed by atoms with Gasteiger partial charge in [-0.25, -0.2) is 0 Å². The van der Waals surface area contributed by atoms with Crippen molar-refractivity contribution in [3.05, 3.63) is 29.8 Å². The Bertz CT molecular complexity index is 433. The summed E-state index contributed by atoms with van der Waals surface area (Å²) in [5.74, 6) is 0. The Morgan fingerprint density at radius 2 is 1.81 bits per heavy atom. The summed E-state index contributed by atoms with van der Waals surface area (Å²) >= 11 is 0. The molecule has 1 saturated carbocycles. The minimum Gasteiger partial charge on any atom is -0.374 e. The number of para-hydroxylation sites is 1. The van der Waals surface area contributed by atoms with Crippen LogP contribution in [-0.2, 0) is 0 Å². The quantitative estimate of drug-likeness (QED) is 0.835. The molecule has 0 unspecified atom stereocenters. The molecule has 1 aliphatic rings. The fourth-order valence-electron chi connectivity index (χ4n) is 3.69. The van der Waals surface area contributed by atoms with Crippen LogP contribution in [0.15, 0.2) is 24.3 Å². The van der Waals surface area contributed by atoms with E-state index in [0.717, 1.165) is 13.1 Å². The van der Waals surface area contributed by atoms with E-state index in [1.165, 1.54) is 43.4 Å². The molecule has 0 atom stereocenters. The summed E-state index contributed by atoms with van der Waals surface area (Å²) in [6.07, 6.45) is 6.92. The van der Waals surface area contributed by atoms with Crippen molar-refractivity contribution in [2.45, 2.75) is 58.9 Å². The van der Waals surface area contributed by atoms with Gasteiger partial charge in [-0.3, -0.25) is 0 Å². The van der Waals surface area contributed by atoms with Crippen molar-refractivity contribution in [2.75, 3.05) is 25.0 Å². The lowest BCUT2D eigenvalue weighted by Crippen LogP contribution is -2.46. The molecule has 2 rings (SSSR count). The molecule has 0 spiro atoms. The highest BCUT2D eigenvalue weighted by molar-refractivity contribution is 5.52. The lowest BCUT2D eigenvalue weighted by Gasteiger charge is -2.42. The van der Waals surface area contributed by atoms with Crippen LogP contribution in [0.1, 0.15) is 51.5 Å². The van der Waals surface area contributed by atoms with Gasteiger partial charge in [0, 0.05) is 37.3 Å². The van der Waals surface area contributed by atoms with E-state index in [0.29, 0.717) is 11.5 Å². The monoisotopic (exact) mass is 288 g/mol. The van der Waals surface area contributed by atoms with E-state index < -0.39 is 0 Å². The van der Waals surface area contributed by atoms with Gasteiger partial charge in [0.1, 0.15) is 0 Å². The second kappa shape index (κ2) is 7.31. The molecule has 0 aromatic heterocycles. The highest BCUT2D eigenvalue weighted by Gasteiger charge is 2.33. The largest absolute Gasteiger partial charge is 0.374 e. The van der Waals surface area contributed by atoms with Gasteiger partial charge in [-0.05, 0) is 31.4 Å². The molecule has 21 heavy (non-hydrogen) atoms. The Morgan fingerprint density at radius 1 is 1.14 bits per heavy atom. The summed E-state index contributed by atoms with van der Waals surface area (Å²) in [7, 11) is 2.26. The molecule has 1 fully saturated rings.